The molecule has 0 saturated carbocycles. The van der Waals surface area contributed by atoms with Crippen LogP contribution in [-0.2, 0) is 37.4 Å². The van der Waals surface area contributed by atoms with Gasteiger partial charge in [0, 0.05) is 44.3 Å². The molecule has 3 aromatic rings. The number of nitrogens with zero attached hydrogens (tertiary/aromatic N) is 1. The SMILES string of the molecule is CCCCC(=O)N(CCNC(=O)[C@@H](CS)Cc1ccccc1)Cc1ccc(-c2ccccc2S(=O)(=O)NC(C)=O)cc1. The maximum absolute atomic E-state index is 13.0. The highest BCUT2D eigenvalue weighted by molar-refractivity contribution is 7.90. The number of amides is 3. The van der Waals surface area contributed by atoms with Gasteiger partial charge < -0.3 is 10.2 Å². The summed E-state index contributed by atoms with van der Waals surface area (Å²) in [5.74, 6) is -0.600. The zero-order chi connectivity index (χ0) is 30.5. The predicted molar refractivity (Wildman–Crippen MR) is 168 cm³/mol. The number of hydrogen-bond acceptors (Lipinski definition) is 6. The average molecular weight is 610 g/mol. The Labute approximate surface area is 254 Å². The van der Waals surface area contributed by atoms with E-state index in [1.807, 2.05) is 54.1 Å². The van der Waals surface area contributed by atoms with Crippen molar-refractivity contribution in [3.63, 3.8) is 0 Å². The van der Waals surface area contributed by atoms with Crippen LogP contribution >= 0.6 is 12.6 Å². The van der Waals surface area contributed by atoms with E-state index in [1.54, 1.807) is 35.2 Å². The normalized spacial score (nSPS) is 11.9. The van der Waals surface area contributed by atoms with Gasteiger partial charge in [-0.05, 0) is 35.6 Å². The third kappa shape index (κ3) is 9.73. The molecule has 0 aliphatic carbocycles. The second-order valence-corrected chi connectivity index (χ2v) is 12.1. The molecule has 0 spiro atoms. The van der Waals surface area contributed by atoms with Crippen LogP contribution in [-0.4, -0.2) is 49.9 Å². The maximum Gasteiger partial charge on any atom is 0.264 e. The Kier molecular flexibility index (Phi) is 12.6. The molecule has 1 atom stereocenters. The number of unbranched alkanes of at least 4 members (excludes halogenated alkanes) is 1. The molecule has 0 aliphatic heterocycles. The smallest absolute Gasteiger partial charge is 0.264 e. The van der Waals surface area contributed by atoms with Crippen LogP contribution in [0.25, 0.3) is 11.1 Å². The lowest BCUT2D eigenvalue weighted by Gasteiger charge is -2.24. The Bertz CT molecular complexity index is 1440. The number of nitrogens with one attached hydrogen (secondary N) is 2. The first-order valence-corrected chi connectivity index (χ1v) is 16.2. The molecule has 42 heavy (non-hydrogen) atoms. The lowest BCUT2D eigenvalue weighted by Crippen LogP contribution is -2.40. The molecular formula is C32H39N3O5S2. The minimum absolute atomic E-state index is 0.00634. The zero-order valence-electron chi connectivity index (χ0n) is 24.1. The van der Waals surface area contributed by atoms with Crippen LogP contribution in [0.1, 0.15) is 44.2 Å². The lowest BCUT2D eigenvalue weighted by atomic mass is 10.0. The monoisotopic (exact) mass is 609 g/mol. The Balaban J connectivity index is 1.69. The average Bonchev–Trinajstić information content (AvgIpc) is 2.98. The molecule has 0 unspecified atom stereocenters. The summed E-state index contributed by atoms with van der Waals surface area (Å²) < 4.78 is 27.4. The van der Waals surface area contributed by atoms with Gasteiger partial charge in [-0.2, -0.15) is 12.6 Å². The van der Waals surface area contributed by atoms with Crippen molar-refractivity contribution in [3.05, 3.63) is 90.0 Å². The fourth-order valence-corrected chi connectivity index (χ4v) is 6.09. The summed E-state index contributed by atoms with van der Waals surface area (Å²) in [5.41, 5.74) is 3.07. The van der Waals surface area contributed by atoms with Crippen LogP contribution in [0.2, 0.25) is 0 Å². The molecule has 0 radical (unpaired) electrons. The zero-order valence-corrected chi connectivity index (χ0v) is 25.8. The van der Waals surface area contributed by atoms with E-state index in [0.717, 1.165) is 30.9 Å². The van der Waals surface area contributed by atoms with Crippen molar-refractivity contribution in [2.45, 2.75) is 51.0 Å². The molecule has 0 fully saturated rings. The van der Waals surface area contributed by atoms with Gasteiger partial charge in [-0.1, -0.05) is 86.1 Å². The second kappa shape index (κ2) is 16.1. The van der Waals surface area contributed by atoms with Crippen LogP contribution in [0.5, 0.6) is 0 Å². The second-order valence-electron chi connectivity index (χ2n) is 10.1. The highest BCUT2D eigenvalue weighted by atomic mass is 32.2. The number of carbonyl (C=O) groups excluding carboxylic acids is 3. The Hall–Kier alpha value is -3.63. The molecule has 3 aromatic carbocycles. The number of sulfonamides is 1. The minimum Gasteiger partial charge on any atom is -0.354 e. The lowest BCUT2D eigenvalue weighted by molar-refractivity contribution is -0.132. The van der Waals surface area contributed by atoms with Crippen molar-refractivity contribution < 1.29 is 22.8 Å². The molecule has 10 heteroatoms. The van der Waals surface area contributed by atoms with E-state index in [9.17, 15) is 22.8 Å². The highest BCUT2D eigenvalue weighted by Crippen LogP contribution is 2.27. The summed E-state index contributed by atoms with van der Waals surface area (Å²) in [6, 6.07) is 23.6. The number of carbonyl (C=O) groups is 3. The standard InChI is InChI=1S/C32H39N3O5S2/c1-3-4-14-31(37)35(20-19-33-32(38)28(23-41)21-25-10-6-5-7-11-25)22-26-15-17-27(18-16-26)29-12-8-9-13-30(29)42(39,40)34-24(2)36/h5-13,15-18,28,41H,3-4,14,19-23H2,1-2H3,(H,33,38)(H,34,36)/t28-/m1/s1. The van der Waals surface area contributed by atoms with Crippen molar-refractivity contribution in [2.75, 3.05) is 18.8 Å². The van der Waals surface area contributed by atoms with Gasteiger partial charge in [-0.3, -0.25) is 14.4 Å². The van der Waals surface area contributed by atoms with E-state index >= 15 is 0 Å². The molecule has 0 saturated heterocycles. The van der Waals surface area contributed by atoms with Crippen LogP contribution in [0, 0.1) is 5.92 Å². The van der Waals surface area contributed by atoms with Crippen LogP contribution in [0.15, 0.2) is 83.8 Å². The van der Waals surface area contributed by atoms with Crippen LogP contribution in [0.4, 0.5) is 0 Å². The number of rotatable bonds is 15. The minimum atomic E-state index is -4.02. The van der Waals surface area contributed by atoms with E-state index in [4.69, 9.17) is 0 Å². The first-order chi connectivity index (χ1) is 20.1. The van der Waals surface area contributed by atoms with Gasteiger partial charge in [-0.25, -0.2) is 13.1 Å². The molecular weight excluding hydrogens is 571 g/mol. The predicted octanol–water partition coefficient (Wildman–Crippen LogP) is 4.60. The van der Waals surface area contributed by atoms with Gasteiger partial charge >= 0.3 is 0 Å². The van der Waals surface area contributed by atoms with Gasteiger partial charge in [-0.15, -0.1) is 0 Å². The Morgan fingerprint density at radius 2 is 1.57 bits per heavy atom. The number of hydrogen-bond donors (Lipinski definition) is 3. The first kappa shape index (κ1) is 32.9. The maximum atomic E-state index is 13.0. The summed E-state index contributed by atoms with van der Waals surface area (Å²) in [4.78, 5) is 39.1. The van der Waals surface area contributed by atoms with E-state index in [-0.39, 0.29) is 22.6 Å². The van der Waals surface area contributed by atoms with Gasteiger partial charge in [0.25, 0.3) is 10.0 Å². The van der Waals surface area contributed by atoms with Crippen molar-refractivity contribution >= 4 is 40.4 Å². The third-order valence-electron chi connectivity index (χ3n) is 6.79. The van der Waals surface area contributed by atoms with Gasteiger partial charge in [0.15, 0.2) is 0 Å². The van der Waals surface area contributed by atoms with Gasteiger partial charge in [0.2, 0.25) is 17.7 Å². The molecule has 0 aromatic heterocycles. The van der Waals surface area contributed by atoms with E-state index in [1.165, 1.54) is 6.07 Å². The molecule has 3 amide bonds. The Morgan fingerprint density at radius 1 is 0.905 bits per heavy atom. The summed E-state index contributed by atoms with van der Waals surface area (Å²) in [6.45, 7) is 4.22. The quantitative estimate of drug-likeness (QED) is 0.218. The largest absolute Gasteiger partial charge is 0.354 e. The molecule has 0 bridgehead atoms. The molecule has 2 N–H and O–H groups in total. The van der Waals surface area contributed by atoms with E-state index < -0.39 is 15.9 Å². The molecule has 0 heterocycles. The van der Waals surface area contributed by atoms with Crippen molar-refractivity contribution in [3.8, 4) is 11.1 Å². The van der Waals surface area contributed by atoms with Crippen molar-refractivity contribution in [1.29, 1.82) is 0 Å². The fourth-order valence-electron chi connectivity index (χ4n) is 4.57. The summed E-state index contributed by atoms with van der Waals surface area (Å²) in [7, 11) is -4.02. The van der Waals surface area contributed by atoms with Crippen molar-refractivity contribution in [1.82, 2.24) is 14.9 Å². The molecule has 3 rings (SSSR count). The van der Waals surface area contributed by atoms with E-state index in [0.29, 0.717) is 49.4 Å². The summed E-state index contributed by atoms with van der Waals surface area (Å²) in [5, 5.41) is 2.98. The number of thiol groups is 1. The fraction of sp³-hybridized carbons (Fsp3) is 0.344. The molecule has 0 aliphatic rings. The first-order valence-electron chi connectivity index (χ1n) is 14.1. The van der Waals surface area contributed by atoms with Gasteiger partial charge in [0.05, 0.1) is 10.8 Å². The van der Waals surface area contributed by atoms with Crippen LogP contribution in [0.3, 0.4) is 0 Å². The van der Waals surface area contributed by atoms with Crippen molar-refractivity contribution in [2.24, 2.45) is 5.92 Å². The Morgan fingerprint density at radius 3 is 2.21 bits per heavy atom. The molecule has 224 valence electrons. The summed E-state index contributed by atoms with van der Waals surface area (Å²) in [6.07, 6.45) is 2.69. The van der Waals surface area contributed by atoms with Gasteiger partial charge in [0.1, 0.15) is 0 Å². The topological polar surface area (TPSA) is 113 Å². The van der Waals surface area contributed by atoms with E-state index in [2.05, 4.69) is 17.9 Å². The number of benzene rings is 3. The third-order valence-corrected chi connectivity index (χ3v) is 8.72. The molecule has 8 nitrogen and oxygen atoms in total. The highest BCUT2D eigenvalue weighted by Gasteiger charge is 2.21. The van der Waals surface area contributed by atoms with Crippen LogP contribution < -0.4 is 10.0 Å². The summed E-state index contributed by atoms with van der Waals surface area (Å²) >= 11 is 4.38.